The number of fused-ring (bicyclic) bond motifs is 1. The molecule has 4 nitrogen and oxygen atoms in total. The molecule has 0 aromatic carbocycles. The van der Waals surface area contributed by atoms with Crippen molar-refractivity contribution in [2.45, 2.75) is 46.7 Å². The number of hydrogen-bond donors (Lipinski definition) is 1. The molecule has 5 heteroatoms. The van der Waals surface area contributed by atoms with Gasteiger partial charge in [0.15, 0.2) is 10.8 Å². The lowest BCUT2D eigenvalue weighted by atomic mass is 10.0. The van der Waals surface area contributed by atoms with Crippen LogP contribution in [0.15, 0.2) is 11.6 Å². The highest BCUT2D eigenvalue weighted by atomic mass is 32.1. The van der Waals surface area contributed by atoms with Crippen LogP contribution in [-0.2, 0) is 6.54 Å². The molecule has 1 unspecified atom stereocenters. The zero-order valence-corrected chi connectivity index (χ0v) is 14.0. The Hall–Kier alpha value is -1.07. The van der Waals surface area contributed by atoms with Crippen LogP contribution in [0.25, 0.3) is 4.96 Å². The normalized spacial score (nSPS) is 13.3. The number of thiazole rings is 1. The highest BCUT2D eigenvalue weighted by Gasteiger charge is 2.20. The quantitative estimate of drug-likeness (QED) is 0.850. The monoisotopic (exact) mass is 294 g/mol. The summed E-state index contributed by atoms with van der Waals surface area (Å²) in [6.07, 6.45) is 3.30. The lowest BCUT2D eigenvalue weighted by Gasteiger charge is -2.27. The van der Waals surface area contributed by atoms with E-state index in [0.717, 1.165) is 23.9 Å². The molecule has 0 radical (unpaired) electrons. The van der Waals surface area contributed by atoms with Crippen molar-refractivity contribution in [3.05, 3.63) is 17.3 Å². The van der Waals surface area contributed by atoms with Crippen molar-refractivity contribution in [1.82, 2.24) is 14.7 Å². The number of hydrogen-bond acceptors (Lipinski definition) is 4. The van der Waals surface area contributed by atoms with Crippen LogP contribution in [0.1, 0.15) is 39.8 Å². The Balaban J connectivity index is 2.29. The molecule has 0 spiro atoms. The zero-order chi connectivity index (χ0) is 14.7. The zero-order valence-electron chi connectivity index (χ0n) is 13.2. The van der Waals surface area contributed by atoms with Gasteiger partial charge in [0, 0.05) is 31.2 Å². The molecule has 2 heterocycles. The van der Waals surface area contributed by atoms with Crippen LogP contribution in [0.5, 0.6) is 0 Å². The largest absolute Gasteiger partial charge is 0.355 e. The molecule has 2 aromatic rings. The van der Waals surface area contributed by atoms with Gasteiger partial charge in [0.05, 0.1) is 5.69 Å². The number of imidazole rings is 1. The first-order valence-corrected chi connectivity index (χ1v) is 8.30. The summed E-state index contributed by atoms with van der Waals surface area (Å²) in [7, 11) is 2.16. The van der Waals surface area contributed by atoms with Crippen molar-refractivity contribution in [3.63, 3.8) is 0 Å². The Morgan fingerprint density at radius 1 is 1.40 bits per heavy atom. The fourth-order valence-electron chi connectivity index (χ4n) is 2.56. The van der Waals surface area contributed by atoms with E-state index >= 15 is 0 Å². The Bertz CT molecular complexity index is 543. The maximum absolute atomic E-state index is 4.82. The molecule has 0 saturated carbocycles. The second-order valence-corrected chi connectivity index (χ2v) is 6.68. The Morgan fingerprint density at radius 2 is 2.15 bits per heavy atom. The number of nitrogens with one attached hydrogen (secondary N) is 1. The van der Waals surface area contributed by atoms with Gasteiger partial charge in [-0.25, -0.2) is 4.98 Å². The predicted molar refractivity (Wildman–Crippen MR) is 87.8 cm³/mol. The van der Waals surface area contributed by atoms with E-state index in [9.17, 15) is 0 Å². The van der Waals surface area contributed by atoms with Gasteiger partial charge in [0.1, 0.15) is 0 Å². The van der Waals surface area contributed by atoms with Crippen LogP contribution in [0.2, 0.25) is 0 Å². The van der Waals surface area contributed by atoms with Crippen LogP contribution >= 0.6 is 11.3 Å². The van der Waals surface area contributed by atoms with Gasteiger partial charge in [-0.15, -0.1) is 11.3 Å². The second kappa shape index (κ2) is 6.59. The molecule has 0 amide bonds. The third kappa shape index (κ3) is 3.15. The van der Waals surface area contributed by atoms with Crippen LogP contribution in [-0.4, -0.2) is 29.0 Å². The fourth-order valence-corrected chi connectivity index (χ4v) is 3.29. The van der Waals surface area contributed by atoms with Gasteiger partial charge in [0.2, 0.25) is 0 Å². The maximum atomic E-state index is 4.82. The number of rotatable bonds is 7. The minimum Gasteiger partial charge on any atom is -0.355 e. The highest BCUT2D eigenvalue weighted by molar-refractivity contribution is 7.15. The molecule has 1 atom stereocenters. The van der Waals surface area contributed by atoms with E-state index in [4.69, 9.17) is 4.98 Å². The van der Waals surface area contributed by atoms with Gasteiger partial charge in [-0.05, 0) is 25.8 Å². The van der Waals surface area contributed by atoms with Crippen LogP contribution in [0.4, 0.5) is 5.82 Å². The standard InChI is InChI=1S/C15H26N4S/c1-6-16-10-13-14(17-15-19(13)7-8-20-15)18(5)12(4)9-11(2)3/h7-8,11-12,16H,6,9-10H2,1-5H3. The molecule has 0 aliphatic rings. The summed E-state index contributed by atoms with van der Waals surface area (Å²) >= 11 is 1.70. The van der Waals surface area contributed by atoms with Gasteiger partial charge < -0.3 is 10.2 Å². The lowest BCUT2D eigenvalue weighted by molar-refractivity contribution is 0.501. The Labute approximate surface area is 125 Å². The minimum absolute atomic E-state index is 0.500. The summed E-state index contributed by atoms with van der Waals surface area (Å²) in [5.74, 6) is 1.82. The Morgan fingerprint density at radius 3 is 2.80 bits per heavy atom. The molecule has 0 fully saturated rings. The molecule has 0 saturated heterocycles. The van der Waals surface area contributed by atoms with Gasteiger partial charge in [-0.2, -0.15) is 0 Å². The van der Waals surface area contributed by atoms with E-state index in [-0.39, 0.29) is 0 Å². The molecular weight excluding hydrogens is 268 g/mol. The number of aromatic nitrogens is 2. The van der Waals surface area contributed by atoms with Crippen LogP contribution < -0.4 is 10.2 Å². The predicted octanol–water partition coefficient (Wildman–Crippen LogP) is 3.38. The second-order valence-electron chi connectivity index (χ2n) is 5.81. The molecule has 20 heavy (non-hydrogen) atoms. The van der Waals surface area contributed by atoms with E-state index < -0.39 is 0 Å². The smallest absolute Gasteiger partial charge is 0.195 e. The average Bonchev–Trinajstić information content (AvgIpc) is 2.95. The fraction of sp³-hybridized carbons (Fsp3) is 0.667. The van der Waals surface area contributed by atoms with Crippen molar-refractivity contribution in [2.24, 2.45) is 5.92 Å². The van der Waals surface area contributed by atoms with Crippen molar-refractivity contribution in [1.29, 1.82) is 0 Å². The van der Waals surface area contributed by atoms with Crippen molar-refractivity contribution < 1.29 is 0 Å². The van der Waals surface area contributed by atoms with Gasteiger partial charge >= 0.3 is 0 Å². The molecule has 0 aliphatic heterocycles. The summed E-state index contributed by atoms with van der Waals surface area (Å²) in [6.45, 7) is 10.8. The third-order valence-electron chi connectivity index (χ3n) is 3.69. The molecule has 112 valence electrons. The SMILES string of the molecule is CCNCc1c(N(C)C(C)CC(C)C)nc2sccn12. The van der Waals surface area contributed by atoms with Crippen LogP contribution in [0.3, 0.4) is 0 Å². The molecular formula is C15H26N4S. The first kappa shape index (κ1) is 15.3. The van der Waals surface area contributed by atoms with Crippen molar-refractivity contribution in [3.8, 4) is 0 Å². The van der Waals surface area contributed by atoms with Crippen molar-refractivity contribution >= 4 is 22.1 Å². The van der Waals surface area contributed by atoms with Crippen LogP contribution in [0, 0.1) is 5.92 Å². The minimum atomic E-state index is 0.500. The summed E-state index contributed by atoms with van der Waals surface area (Å²) in [4.78, 5) is 8.23. The molecule has 0 bridgehead atoms. The molecule has 0 aliphatic carbocycles. The summed E-state index contributed by atoms with van der Waals surface area (Å²) in [5.41, 5.74) is 1.27. The third-order valence-corrected chi connectivity index (χ3v) is 4.45. The highest BCUT2D eigenvalue weighted by Crippen LogP contribution is 2.26. The molecule has 2 aromatic heterocycles. The summed E-state index contributed by atoms with van der Waals surface area (Å²) < 4.78 is 2.21. The molecule has 2 rings (SSSR count). The van der Waals surface area contributed by atoms with Gasteiger partial charge in [-0.1, -0.05) is 20.8 Å². The van der Waals surface area contributed by atoms with Gasteiger partial charge in [0.25, 0.3) is 0 Å². The summed E-state index contributed by atoms with van der Waals surface area (Å²) in [5, 5.41) is 5.52. The topological polar surface area (TPSA) is 32.6 Å². The Kier molecular flexibility index (Phi) is 5.05. The van der Waals surface area contributed by atoms with E-state index in [1.165, 1.54) is 12.1 Å². The van der Waals surface area contributed by atoms with E-state index in [1.54, 1.807) is 11.3 Å². The molecule has 1 N–H and O–H groups in total. The van der Waals surface area contributed by atoms with Crippen molar-refractivity contribution in [2.75, 3.05) is 18.5 Å². The number of anilines is 1. The van der Waals surface area contributed by atoms with E-state index in [0.29, 0.717) is 12.0 Å². The summed E-state index contributed by atoms with van der Waals surface area (Å²) in [6, 6.07) is 0.500. The van der Waals surface area contributed by atoms with E-state index in [2.05, 4.69) is 60.9 Å². The van der Waals surface area contributed by atoms with Gasteiger partial charge in [-0.3, -0.25) is 4.40 Å². The average molecular weight is 294 g/mol. The number of nitrogens with zero attached hydrogens (tertiary/aromatic N) is 3. The first-order valence-electron chi connectivity index (χ1n) is 7.42. The maximum Gasteiger partial charge on any atom is 0.195 e. The first-order chi connectivity index (χ1) is 9.54. The van der Waals surface area contributed by atoms with E-state index in [1.807, 2.05) is 0 Å². The lowest BCUT2D eigenvalue weighted by Crippen LogP contribution is -2.31.